The van der Waals surface area contributed by atoms with Crippen LogP contribution < -0.4 is 10.1 Å². The Kier molecular flexibility index (Phi) is 11.5. The second kappa shape index (κ2) is 16.2. The molecule has 4 aliphatic rings. The Bertz CT molecular complexity index is 2350. The lowest BCUT2D eigenvalue weighted by atomic mass is 9.74. The molecule has 0 spiro atoms. The number of aliphatic carboxylic acids is 2. The highest BCUT2D eigenvalue weighted by Gasteiger charge is 2.51. The van der Waals surface area contributed by atoms with Crippen LogP contribution in [-0.4, -0.2) is 161 Å². The third-order valence-corrected chi connectivity index (χ3v) is 10.9. The van der Waals surface area contributed by atoms with Gasteiger partial charge >= 0.3 is 11.9 Å². The predicted octanol–water partition coefficient (Wildman–Crippen LogP) is -1.77. The summed E-state index contributed by atoms with van der Waals surface area (Å²) < 4.78 is 28.0. The number of carboxylic acid groups (broad SMARTS) is 2. The van der Waals surface area contributed by atoms with E-state index in [-0.39, 0.29) is 16.9 Å². The molecule has 0 aromatic heterocycles. The molecule has 22 heteroatoms. The zero-order chi connectivity index (χ0) is 44.5. The molecule has 7 rings (SSSR count). The van der Waals surface area contributed by atoms with Crippen molar-refractivity contribution in [2.24, 2.45) is 0 Å². The van der Waals surface area contributed by atoms with Crippen molar-refractivity contribution in [3.05, 3.63) is 68.8 Å². The lowest BCUT2D eigenvalue weighted by Gasteiger charge is -2.45. The molecule has 0 unspecified atom stereocenters. The molecule has 2 heterocycles. The standard InChI is InChI=1S/C39H39NO21/c1-10-3-16-24(31(52)21(10)37(56)40-7-19(43)44)23-14(6-15-25(32(23)53)28(49)13-4-12(57-9-20(45)46)5-17(41)22(13)27(15)48)29(50)35(16)60-39-34(55)36(26(47)11(2)59-39)61-38-33(54)30(51)18(42)8-58-38/h3-6,11,18,26,29-30,33-36,38-39,41-42,47,50-55H,7-9H2,1-2H3,(H,40,56)(H,43,44)(H,45,46)/t11-,18-,26+,29+,30+,33-,34-,35+,36+,38+,39+/m1/s1. The highest BCUT2D eigenvalue weighted by molar-refractivity contribution is 6.31. The van der Waals surface area contributed by atoms with Gasteiger partial charge in [-0.25, -0.2) is 4.79 Å². The molecule has 2 aliphatic heterocycles. The number of aryl methyl sites for hydroxylation is 1. The van der Waals surface area contributed by atoms with Crippen LogP contribution in [0, 0.1) is 6.92 Å². The van der Waals surface area contributed by atoms with E-state index in [1.54, 1.807) is 0 Å². The van der Waals surface area contributed by atoms with E-state index in [4.69, 9.17) is 28.8 Å². The van der Waals surface area contributed by atoms with Gasteiger partial charge in [0, 0.05) is 28.3 Å². The number of carbonyl (C=O) groups is 5. The molecular weight excluding hydrogens is 818 g/mol. The van der Waals surface area contributed by atoms with E-state index in [2.05, 4.69) is 5.32 Å². The first-order valence-electron chi connectivity index (χ1n) is 18.5. The fourth-order valence-corrected chi connectivity index (χ4v) is 7.90. The lowest BCUT2D eigenvalue weighted by molar-refractivity contribution is -0.353. The van der Waals surface area contributed by atoms with Gasteiger partial charge in [0.25, 0.3) is 5.91 Å². The van der Waals surface area contributed by atoms with E-state index in [1.165, 1.54) is 19.9 Å². The van der Waals surface area contributed by atoms with Crippen molar-refractivity contribution in [1.29, 1.82) is 0 Å². The van der Waals surface area contributed by atoms with Gasteiger partial charge in [0.2, 0.25) is 0 Å². The highest BCUT2D eigenvalue weighted by atomic mass is 16.7. The minimum atomic E-state index is -1.99. The van der Waals surface area contributed by atoms with Crippen molar-refractivity contribution in [2.45, 2.75) is 81.4 Å². The van der Waals surface area contributed by atoms with Gasteiger partial charge in [0.1, 0.15) is 78.4 Å². The van der Waals surface area contributed by atoms with Gasteiger partial charge < -0.3 is 85.2 Å². The maximum absolute atomic E-state index is 14.1. The molecule has 0 radical (unpaired) electrons. The highest BCUT2D eigenvalue weighted by Crippen LogP contribution is 2.57. The van der Waals surface area contributed by atoms with Crippen molar-refractivity contribution in [3.63, 3.8) is 0 Å². The normalized spacial score (nSPS) is 29.1. The van der Waals surface area contributed by atoms with Crippen molar-refractivity contribution in [2.75, 3.05) is 19.8 Å². The lowest BCUT2D eigenvalue weighted by Crippen LogP contribution is -2.62. The Morgan fingerprint density at radius 1 is 0.754 bits per heavy atom. The maximum atomic E-state index is 14.1. The number of ketones is 2. The number of carbonyl (C=O) groups excluding carboxylic acids is 3. The third kappa shape index (κ3) is 7.41. The number of phenols is 3. The monoisotopic (exact) mass is 857 g/mol. The molecule has 2 saturated heterocycles. The van der Waals surface area contributed by atoms with Crippen molar-refractivity contribution in [1.82, 2.24) is 5.32 Å². The second-order valence-corrected chi connectivity index (χ2v) is 14.8. The first kappa shape index (κ1) is 43.3. The quantitative estimate of drug-likeness (QED) is 0.0839. The smallest absolute Gasteiger partial charge is 0.341 e. The number of rotatable bonds is 10. The molecule has 12 N–H and O–H groups in total. The van der Waals surface area contributed by atoms with Crippen LogP contribution in [0.25, 0.3) is 11.1 Å². The zero-order valence-electron chi connectivity index (χ0n) is 31.8. The minimum Gasteiger partial charge on any atom is -0.507 e. The van der Waals surface area contributed by atoms with E-state index >= 15 is 0 Å². The third-order valence-electron chi connectivity index (χ3n) is 10.9. The number of phenolic OH excluding ortho intramolecular Hbond substituents is 3. The molecule has 2 aliphatic carbocycles. The number of hydrogen-bond acceptors (Lipinski definition) is 19. The first-order chi connectivity index (χ1) is 28.7. The molecule has 326 valence electrons. The first-order valence-corrected chi connectivity index (χ1v) is 18.5. The van der Waals surface area contributed by atoms with Crippen LogP contribution in [0.15, 0.2) is 24.3 Å². The number of amides is 1. The van der Waals surface area contributed by atoms with Gasteiger partial charge in [-0.05, 0) is 42.7 Å². The number of nitrogens with one attached hydrogen (secondary N) is 1. The molecule has 3 aromatic carbocycles. The summed E-state index contributed by atoms with van der Waals surface area (Å²) in [5.41, 5.74) is -4.49. The Hall–Kier alpha value is -5.79. The molecule has 2 fully saturated rings. The molecule has 0 bridgehead atoms. The molecule has 1 amide bonds. The Labute approximate surface area is 342 Å². The number of benzene rings is 3. The van der Waals surface area contributed by atoms with E-state index in [0.717, 1.165) is 18.2 Å². The molecule has 61 heavy (non-hydrogen) atoms. The number of carboxylic acids is 2. The van der Waals surface area contributed by atoms with E-state index in [0.29, 0.717) is 0 Å². The van der Waals surface area contributed by atoms with Gasteiger partial charge in [0.15, 0.2) is 30.8 Å². The fourth-order valence-electron chi connectivity index (χ4n) is 7.90. The summed E-state index contributed by atoms with van der Waals surface area (Å²) in [7, 11) is 0. The van der Waals surface area contributed by atoms with Crippen LogP contribution in [0.4, 0.5) is 0 Å². The Morgan fingerprint density at radius 2 is 1.41 bits per heavy atom. The Balaban J connectivity index is 1.35. The second-order valence-electron chi connectivity index (χ2n) is 14.8. The van der Waals surface area contributed by atoms with E-state index in [9.17, 15) is 75.0 Å². The number of hydrogen-bond donors (Lipinski definition) is 12. The van der Waals surface area contributed by atoms with Gasteiger partial charge in [0.05, 0.1) is 29.4 Å². The van der Waals surface area contributed by atoms with Crippen LogP contribution in [0.2, 0.25) is 0 Å². The average molecular weight is 858 g/mol. The summed E-state index contributed by atoms with van der Waals surface area (Å²) in [4.78, 5) is 63.9. The van der Waals surface area contributed by atoms with Crippen LogP contribution in [0.5, 0.6) is 23.0 Å². The van der Waals surface area contributed by atoms with Crippen LogP contribution >= 0.6 is 0 Å². The minimum absolute atomic E-state index is 0.0373. The van der Waals surface area contributed by atoms with Gasteiger partial charge in [-0.15, -0.1) is 0 Å². The number of ether oxygens (including phenoxy) is 5. The zero-order valence-corrected chi connectivity index (χ0v) is 31.8. The molecular formula is C39H39NO21. The maximum Gasteiger partial charge on any atom is 0.341 e. The van der Waals surface area contributed by atoms with Crippen molar-refractivity contribution >= 4 is 29.4 Å². The van der Waals surface area contributed by atoms with Crippen molar-refractivity contribution in [3.8, 4) is 34.1 Å². The van der Waals surface area contributed by atoms with Crippen molar-refractivity contribution < 1.29 is 104 Å². The topological polar surface area (TPSA) is 366 Å². The SMILES string of the molecule is Cc1cc2c(c(O)c1C(=O)NCC(=O)O)-c1c(cc3c(c1O)C(=O)c1cc(OCC(=O)O)cc(O)c1C3=O)[C@H](O)[C@H]2O[C@@H]1O[C@H](C)[C@H](O)[C@H](O[C@@H]2OC[C@@H](O)[C@H](O)[C@H]2O)[C@H]1O. The molecule has 3 aromatic rings. The average Bonchev–Trinajstić information content (AvgIpc) is 3.19. The fraction of sp³-hybridized carbons (Fsp3) is 0.410. The summed E-state index contributed by atoms with van der Waals surface area (Å²) in [5, 5.41) is 120. The predicted molar refractivity (Wildman–Crippen MR) is 196 cm³/mol. The largest absolute Gasteiger partial charge is 0.507 e. The molecule has 11 atom stereocenters. The van der Waals surface area contributed by atoms with E-state index < -0.39 is 178 Å². The summed E-state index contributed by atoms with van der Waals surface area (Å²) in [6.45, 7) is 0.405. The van der Waals surface area contributed by atoms with Gasteiger partial charge in [-0.2, -0.15) is 0 Å². The van der Waals surface area contributed by atoms with Crippen LogP contribution in [0.1, 0.15) is 78.0 Å². The van der Waals surface area contributed by atoms with Crippen LogP contribution in [0.3, 0.4) is 0 Å². The van der Waals surface area contributed by atoms with E-state index in [1.807, 2.05) is 0 Å². The summed E-state index contributed by atoms with van der Waals surface area (Å²) in [6, 6.07) is 4.04. The number of aliphatic hydroxyl groups excluding tert-OH is 6. The molecule has 0 saturated carbocycles. The number of fused-ring (bicyclic) bond motifs is 5. The van der Waals surface area contributed by atoms with Gasteiger partial charge in [-0.3, -0.25) is 19.2 Å². The molecule has 22 nitrogen and oxygen atoms in total. The van der Waals surface area contributed by atoms with Crippen LogP contribution in [-0.2, 0) is 28.5 Å². The Morgan fingerprint density at radius 3 is 2.08 bits per heavy atom. The summed E-state index contributed by atoms with van der Waals surface area (Å²) >= 11 is 0. The van der Waals surface area contributed by atoms with Gasteiger partial charge in [-0.1, -0.05) is 6.07 Å². The summed E-state index contributed by atoms with van der Waals surface area (Å²) in [5.74, 6) is -9.16. The number of aliphatic hydroxyl groups is 6. The summed E-state index contributed by atoms with van der Waals surface area (Å²) in [6.07, 6.45) is -18.9. The number of aromatic hydroxyl groups is 3.